The monoisotopic (exact) mass is 412 g/mol. The molecular formula is C8H2BrClF3IO. The highest BCUT2D eigenvalue weighted by Gasteiger charge is 2.34. The smallest absolute Gasteiger partial charge is 0.276 e. The van der Waals surface area contributed by atoms with Crippen molar-refractivity contribution in [1.29, 1.82) is 0 Å². The Labute approximate surface area is 110 Å². The Morgan fingerprint density at radius 3 is 2.33 bits per heavy atom. The fourth-order valence-electron chi connectivity index (χ4n) is 0.920. The summed E-state index contributed by atoms with van der Waals surface area (Å²) < 4.78 is 37.2. The average Bonchev–Trinajstić information content (AvgIpc) is 2.06. The lowest BCUT2D eigenvalue weighted by atomic mass is 10.1. The van der Waals surface area contributed by atoms with Gasteiger partial charge in [-0.1, -0.05) is 0 Å². The predicted molar refractivity (Wildman–Crippen MR) is 62.0 cm³/mol. The highest BCUT2D eigenvalue weighted by Crippen LogP contribution is 2.37. The molecule has 0 amide bonds. The molecule has 0 aliphatic rings. The zero-order valence-corrected chi connectivity index (χ0v) is 11.3. The van der Waals surface area contributed by atoms with Crippen LogP contribution in [0.25, 0.3) is 0 Å². The molecule has 0 saturated heterocycles. The topological polar surface area (TPSA) is 17.1 Å². The summed E-state index contributed by atoms with van der Waals surface area (Å²) in [5, 5.41) is -0.798. The van der Waals surface area contributed by atoms with Crippen LogP contribution in [0.4, 0.5) is 13.2 Å². The molecule has 1 nitrogen and oxygen atoms in total. The molecule has 0 fully saturated rings. The van der Waals surface area contributed by atoms with E-state index in [0.29, 0.717) is 0 Å². The van der Waals surface area contributed by atoms with E-state index in [4.69, 9.17) is 11.6 Å². The van der Waals surface area contributed by atoms with Gasteiger partial charge in [-0.15, -0.1) is 0 Å². The van der Waals surface area contributed by atoms with Gasteiger partial charge in [0, 0.05) is 13.6 Å². The van der Waals surface area contributed by atoms with Crippen molar-refractivity contribution in [3.63, 3.8) is 0 Å². The number of hydrogen-bond acceptors (Lipinski definition) is 1. The summed E-state index contributed by atoms with van der Waals surface area (Å²) in [6.07, 6.45) is -4.44. The molecular weight excluding hydrogens is 411 g/mol. The van der Waals surface area contributed by atoms with E-state index < -0.39 is 17.0 Å². The van der Waals surface area contributed by atoms with Crippen molar-refractivity contribution in [3.8, 4) is 0 Å². The molecule has 0 radical (unpaired) electrons. The van der Waals surface area contributed by atoms with Crippen molar-refractivity contribution >= 4 is 55.4 Å². The van der Waals surface area contributed by atoms with Crippen LogP contribution < -0.4 is 0 Å². The van der Waals surface area contributed by atoms with Crippen molar-refractivity contribution in [3.05, 3.63) is 31.3 Å². The average molecular weight is 413 g/mol. The van der Waals surface area contributed by atoms with E-state index in [1.165, 1.54) is 22.6 Å². The molecule has 0 atom stereocenters. The number of carbonyl (C=O) groups is 1. The number of rotatable bonds is 1. The first-order valence-electron chi connectivity index (χ1n) is 3.50. The zero-order chi connectivity index (χ0) is 11.8. The quantitative estimate of drug-likeness (QED) is 0.491. The molecule has 1 rings (SSSR count). The first kappa shape index (κ1) is 13.2. The first-order valence-corrected chi connectivity index (χ1v) is 5.75. The van der Waals surface area contributed by atoms with Crippen molar-refractivity contribution < 1.29 is 18.0 Å². The normalized spacial score (nSPS) is 11.6. The molecule has 0 unspecified atom stereocenters. The van der Waals surface area contributed by atoms with E-state index in [0.717, 1.165) is 12.1 Å². The maximum atomic E-state index is 12.4. The van der Waals surface area contributed by atoms with Crippen molar-refractivity contribution in [2.45, 2.75) is 6.18 Å². The third-order valence-electron chi connectivity index (χ3n) is 1.60. The van der Waals surface area contributed by atoms with Gasteiger partial charge in [0.1, 0.15) is 0 Å². The maximum absolute atomic E-state index is 12.4. The summed E-state index contributed by atoms with van der Waals surface area (Å²) in [5.41, 5.74) is -0.772. The van der Waals surface area contributed by atoms with Crippen LogP contribution in [0.3, 0.4) is 0 Å². The van der Waals surface area contributed by atoms with Crippen LogP contribution in [0.5, 0.6) is 0 Å². The van der Waals surface area contributed by atoms with Gasteiger partial charge in [-0.3, -0.25) is 4.79 Å². The summed E-state index contributed by atoms with van der Waals surface area (Å²) in [6, 6.07) is 1.88. The van der Waals surface area contributed by atoms with E-state index in [1.807, 2.05) is 0 Å². The number of halogens is 6. The lowest BCUT2D eigenvalue weighted by Crippen LogP contribution is -2.09. The van der Waals surface area contributed by atoms with Gasteiger partial charge in [0.05, 0.1) is 5.56 Å². The van der Waals surface area contributed by atoms with Gasteiger partial charge in [0.2, 0.25) is 0 Å². The largest absolute Gasteiger partial charge is 0.417 e. The Morgan fingerprint density at radius 1 is 1.40 bits per heavy atom. The Hall–Kier alpha value is 0.180. The SMILES string of the molecule is O=C(Cl)c1ccc(C(F)(F)F)c(I)c1Br. The Balaban J connectivity index is 3.41. The van der Waals surface area contributed by atoms with Crippen LogP contribution in [-0.4, -0.2) is 5.24 Å². The van der Waals surface area contributed by atoms with E-state index in [-0.39, 0.29) is 13.6 Å². The molecule has 0 spiro atoms. The summed E-state index contributed by atoms with van der Waals surface area (Å²) >= 11 is 9.62. The van der Waals surface area contributed by atoms with Crippen LogP contribution in [0.2, 0.25) is 0 Å². The van der Waals surface area contributed by atoms with Gasteiger partial charge in [-0.25, -0.2) is 0 Å². The molecule has 0 aliphatic carbocycles. The number of alkyl halides is 3. The van der Waals surface area contributed by atoms with Crippen LogP contribution in [0, 0.1) is 3.57 Å². The van der Waals surface area contributed by atoms with Crippen molar-refractivity contribution in [1.82, 2.24) is 0 Å². The Kier molecular flexibility index (Phi) is 4.05. The minimum atomic E-state index is -4.44. The Morgan fingerprint density at radius 2 is 1.93 bits per heavy atom. The van der Waals surface area contributed by atoms with Crippen LogP contribution in [0.1, 0.15) is 15.9 Å². The van der Waals surface area contributed by atoms with Crippen molar-refractivity contribution in [2.24, 2.45) is 0 Å². The lowest BCUT2D eigenvalue weighted by molar-refractivity contribution is -0.138. The molecule has 82 valence electrons. The summed E-state index contributed by atoms with van der Waals surface area (Å²) in [4.78, 5) is 10.8. The van der Waals surface area contributed by atoms with Crippen molar-refractivity contribution in [2.75, 3.05) is 0 Å². The summed E-state index contributed by atoms with van der Waals surface area (Å²) in [6.45, 7) is 0. The molecule has 0 aliphatic heterocycles. The van der Waals surface area contributed by atoms with E-state index >= 15 is 0 Å². The van der Waals surface area contributed by atoms with Gasteiger partial charge < -0.3 is 0 Å². The second-order valence-corrected chi connectivity index (χ2v) is 4.78. The first-order chi connectivity index (χ1) is 6.75. The third-order valence-corrected chi connectivity index (χ3v) is 4.49. The second kappa shape index (κ2) is 4.58. The molecule has 0 heterocycles. The van der Waals surface area contributed by atoms with Gasteiger partial charge in [-0.05, 0) is 62.3 Å². The fourth-order valence-corrected chi connectivity index (χ4v) is 2.49. The molecule has 0 aromatic heterocycles. The maximum Gasteiger partial charge on any atom is 0.417 e. The minimum absolute atomic E-state index is 0.0223. The molecule has 7 heteroatoms. The van der Waals surface area contributed by atoms with E-state index in [9.17, 15) is 18.0 Å². The predicted octanol–water partition coefficient (Wildman–Crippen LogP) is 4.45. The second-order valence-electron chi connectivity index (χ2n) is 2.56. The Bertz CT molecular complexity index is 419. The molecule has 1 aromatic rings. The van der Waals surface area contributed by atoms with Gasteiger partial charge >= 0.3 is 6.18 Å². The van der Waals surface area contributed by atoms with E-state index in [1.54, 1.807) is 0 Å². The highest BCUT2D eigenvalue weighted by molar-refractivity contribution is 14.1. The fraction of sp³-hybridized carbons (Fsp3) is 0.125. The standard InChI is InChI=1S/C8H2BrClF3IO/c9-5-3(7(10)15)1-2-4(6(5)14)8(11,12)13/h1-2H. The lowest BCUT2D eigenvalue weighted by Gasteiger charge is -2.11. The summed E-state index contributed by atoms with van der Waals surface area (Å²) in [7, 11) is 0. The highest BCUT2D eigenvalue weighted by atomic mass is 127. The molecule has 0 saturated carbocycles. The molecule has 0 bridgehead atoms. The number of hydrogen-bond donors (Lipinski definition) is 0. The third kappa shape index (κ3) is 2.85. The van der Waals surface area contributed by atoms with Crippen LogP contribution in [-0.2, 0) is 6.18 Å². The van der Waals surface area contributed by atoms with Crippen LogP contribution in [0.15, 0.2) is 16.6 Å². The molecule has 1 aromatic carbocycles. The van der Waals surface area contributed by atoms with E-state index in [2.05, 4.69) is 15.9 Å². The van der Waals surface area contributed by atoms with Gasteiger partial charge in [0.25, 0.3) is 5.24 Å². The molecule has 0 N–H and O–H groups in total. The van der Waals surface area contributed by atoms with Crippen LogP contribution >= 0.6 is 50.1 Å². The van der Waals surface area contributed by atoms with Gasteiger partial charge in [-0.2, -0.15) is 13.2 Å². The zero-order valence-electron chi connectivity index (χ0n) is 6.83. The molecule has 15 heavy (non-hydrogen) atoms. The van der Waals surface area contributed by atoms with Gasteiger partial charge in [0.15, 0.2) is 0 Å². The number of benzene rings is 1. The number of carbonyl (C=O) groups excluding carboxylic acids is 1. The minimum Gasteiger partial charge on any atom is -0.276 e. The summed E-state index contributed by atoms with van der Waals surface area (Å²) in [5.74, 6) is 0.